The number of fused-ring (bicyclic) bond motifs is 1. The summed E-state index contributed by atoms with van der Waals surface area (Å²) in [6.07, 6.45) is 4.73. The van der Waals surface area contributed by atoms with E-state index in [4.69, 9.17) is 4.74 Å². The minimum Gasteiger partial charge on any atom is -0.511 e. The summed E-state index contributed by atoms with van der Waals surface area (Å²) in [5.41, 5.74) is -2.20. The van der Waals surface area contributed by atoms with Crippen LogP contribution in [0.5, 0.6) is 17.2 Å². The Morgan fingerprint density at radius 3 is 2.05 bits per heavy atom. The predicted molar refractivity (Wildman–Crippen MR) is 153 cm³/mol. The van der Waals surface area contributed by atoms with Crippen LogP contribution in [0.25, 0.3) is 6.08 Å². The number of ether oxygens (including phenoxy) is 1. The molecule has 1 heterocycles. The summed E-state index contributed by atoms with van der Waals surface area (Å²) in [6, 6.07) is 0. The van der Waals surface area contributed by atoms with Crippen LogP contribution in [-0.4, -0.2) is 43.4 Å². The molecule has 1 aromatic carbocycles. The Bertz CT molecular complexity index is 1410. The number of hydrogen-bond donors (Lipinski definition) is 4. The molecular weight excluding hydrogens is 512 g/mol. The van der Waals surface area contributed by atoms with Crippen molar-refractivity contribution < 1.29 is 39.5 Å². The van der Waals surface area contributed by atoms with Gasteiger partial charge in [0, 0.05) is 29.4 Å². The number of ketones is 3. The molecule has 0 saturated heterocycles. The number of Topliss-reactive ketones (excluding diaryl/α,β-unsaturated/α-hetero) is 3. The van der Waals surface area contributed by atoms with Gasteiger partial charge in [-0.1, -0.05) is 39.3 Å². The van der Waals surface area contributed by atoms with Crippen molar-refractivity contribution in [3.63, 3.8) is 0 Å². The van der Waals surface area contributed by atoms with Gasteiger partial charge in [-0.2, -0.15) is 0 Å². The van der Waals surface area contributed by atoms with Crippen molar-refractivity contribution in [3.05, 3.63) is 57.1 Å². The van der Waals surface area contributed by atoms with Crippen LogP contribution >= 0.6 is 0 Å². The standard InChI is InChI=1S/C32H40O8/c1-15(2)10-13-32(9)29(38)20(27(37)22(30(32)39)24(34)17(5)6)14-19-26(36)21(23(33)16(3)4)25(35)18-11-12-31(7,8)40-28(18)19/h10-12,16-17,35-38H,13-14H2,1-9H3. The summed E-state index contributed by atoms with van der Waals surface area (Å²) in [7, 11) is 0. The first kappa shape index (κ1) is 30.7. The van der Waals surface area contributed by atoms with Gasteiger partial charge >= 0.3 is 0 Å². The van der Waals surface area contributed by atoms with E-state index in [1.807, 2.05) is 13.8 Å². The molecule has 0 spiro atoms. The number of aliphatic hydroxyl groups excluding tert-OH is 2. The maximum atomic E-state index is 13.6. The van der Waals surface area contributed by atoms with E-state index in [1.165, 1.54) is 6.92 Å². The fraction of sp³-hybridized carbons (Fsp3) is 0.469. The molecule has 8 heteroatoms. The van der Waals surface area contributed by atoms with Crippen LogP contribution in [0.15, 0.2) is 40.4 Å². The van der Waals surface area contributed by atoms with Crippen LogP contribution in [0.1, 0.15) is 90.2 Å². The van der Waals surface area contributed by atoms with Crippen LogP contribution in [0.3, 0.4) is 0 Å². The van der Waals surface area contributed by atoms with Crippen molar-refractivity contribution in [3.8, 4) is 17.2 Å². The Balaban J connectivity index is 2.40. The van der Waals surface area contributed by atoms with E-state index in [-0.39, 0.29) is 40.9 Å². The summed E-state index contributed by atoms with van der Waals surface area (Å²) in [4.78, 5) is 39.9. The maximum absolute atomic E-state index is 13.6. The quantitative estimate of drug-likeness (QED) is 0.164. The molecule has 4 N–H and O–H groups in total. The summed E-state index contributed by atoms with van der Waals surface area (Å²) < 4.78 is 6.12. The Hall–Kier alpha value is -3.81. The third-order valence-electron chi connectivity index (χ3n) is 7.42. The lowest BCUT2D eigenvalue weighted by Gasteiger charge is -2.35. The molecule has 0 amide bonds. The maximum Gasteiger partial charge on any atom is 0.183 e. The molecule has 1 aliphatic heterocycles. The van der Waals surface area contributed by atoms with E-state index >= 15 is 0 Å². The molecule has 0 radical (unpaired) electrons. The second kappa shape index (κ2) is 10.6. The minimum absolute atomic E-state index is 0.0255. The topological polar surface area (TPSA) is 141 Å². The number of phenols is 2. The first-order valence-electron chi connectivity index (χ1n) is 13.5. The van der Waals surface area contributed by atoms with Crippen molar-refractivity contribution in [1.82, 2.24) is 0 Å². The number of benzene rings is 1. The van der Waals surface area contributed by atoms with Crippen molar-refractivity contribution in [2.45, 2.75) is 80.8 Å². The SMILES string of the molecule is CC(C)=CCC1(C)C(=O)C(C(=O)C(C)C)=C(O)C(Cc2c(O)c(C(=O)C(C)C)c(O)c3c2OC(C)(C)C=C3)=C1O. The molecule has 40 heavy (non-hydrogen) atoms. The summed E-state index contributed by atoms with van der Waals surface area (Å²) in [5, 5.41) is 45.3. The predicted octanol–water partition coefficient (Wildman–Crippen LogP) is 6.46. The number of aromatic hydroxyl groups is 2. The average molecular weight is 553 g/mol. The first-order valence-corrected chi connectivity index (χ1v) is 13.5. The molecule has 0 aromatic heterocycles. The molecule has 0 fully saturated rings. The lowest BCUT2D eigenvalue weighted by molar-refractivity contribution is -0.128. The van der Waals surface area contributed by atoms with Gasteiger partial charge in [0.25, 0.3) is 0 Å². The second-order valence-corrected chi connectivity index (χ2v) is 12.2. The van der Waals surface area contributed by atoms with Gasteiger partial charge in [-0.3, -0.25) is 14.4 Å². The van der Waals surface area contributed by atoms with Gasteiger partial charge in [-0.05, 0) is 53.2 Å². The van der Waals surface area contributed by atoms with E-state index in [9.17, 15) is 34.8 Å². The van der Waals surface area contributed by atoms with Crippen LogP contribution in [0.4, 0.5) is 0 Å². The lowest BCUT2D eigenvalue weighted by Crippen LogP contribution is -2.39. The zero-order chi connectivity index (χ0) is 30.5. The molecule has 2 aliphatic rings. The highest BCUT2D eigenvalue weighted by atomic mass is 16.5. The molecule has 1 unspecified atom stereocenters. The first-order chi connectivity index (χ1) is 18.4. The molecule has 1 atom stereocenters. The second-order valence-electron chi connectivity index (χ2n) is 12.2. The van der Waals surface area contributed by atoms with Gasteiger partial charge in [-0.25, -0.2) is 0 Å². The molecule has 3 rings (SSSR count). The van der Waals surface area contributed by atoms with Crippen LogP contribution in [0.2, 0.25) is 0 Å². The minimum atomic E-state index is -1.57. The van der Waals surface area contributed by atoms with Gasteiger partial charge in [0.2, 0.25) is 0 Å². The van der Waals surface area contributed by atoms with E-state index < -0.39 is 68.8 Å². The normalized spacial score (nSPS) is 20.1. The zero-order valence-electron chi connectivity index (χ0n) is 24.7. The van der Waals surface area contributed by atoms with Crippen molar-refractivity contribution in [2.75, 3.05) is 0 Å². The van der Waals surface area contributed by atoms with E-state index in [2.05, 4.69) is 0 Å². The fourth-order valence-corrected chi connectivity index (χ4v) is 4.86. The van der Waals surface area contributed by atoms with Gasteiger partial charge in [-0.15, -0.1) is 0 Å². The number of hydrogen-bond acceptors (Lipinski definition) is 8. The highest BCUT2D eigenvalue weighted by Crippen LogP contribution is 2.50. The zero-order valence-corrected chi connectivity index (χ0v) is 24.7. The van der Waals surface area contributed by atoms with E-state index in [0.29, 0.717) is 0 Å². The Labute approximate surface area is 235 Å². The number of allylic oxidation sites excluding steroid dienone is 5. The molecule has 216 valence electrons. The number of carbonyl (C=O) groups is 3. The molecule has 1 aromatic rings. The van der Waals surface area contributed by atoms with Crippen molar-refractivity contribution in [2.24, 2.45) is 17.3 Å². The molecule has 0 saturated carbocycles. The monoisotopic (exact) mass is 552 g/mol. The van der Waals surface area contributed by atoms with Crippen LogP contribution in [0, 0.1) is 17.3 Å². The Morgan fingerprint density at radius 2 is 1.52 bits per heavy atom. The molecule has 1 aliphatic carbocycles. The number of rotatable bonds is 8. The Morgan fingerprint density at radius 1 is 0.950 bits per heavy atom. The molecule has 8 nitrogen and oxygen atoms in total. The van der Waals surface area contributed by atoms with Crippen molar-refractivity contribution in [1.29, 1.82) is 0 Å². The summed E-state index contributed by atoms with van der Waals surface area (Å²) in [5.74, 6) is -5.04. The molecule has 0 bridgehead atoms. The van der Waals surface area contributed by atoms with Crippen LogP contribution < -0.4 is 4.74 Å². The largest absolute Gasteiger partial charge is 0.511 e. The summed E-state index contributed by atoms with van der Waals surface area (Å²) >= 11 is 0. The van der Waals surface area contributed by atoms with Crippen molar-refractivity contribution >= 4 is 23.4 Å². The van der Waals surface area contributed by atoms with E-state index in [1.54, 1.807) is 59.8 Å². The smallest absolute Gasteiger partial charge is 0.183 e. The van der Waals surface area contributed by atoms with Crippen LogP contribution in [-0.2, 0) is 16.0 Å². The van der Waals surface area contributed by atoms with Gasteiger partial charge in [0.05, 0.1) is 11.0 Å². The van der Waals surface area contributed by atoms with Gasteiger partial charge in [0.15, 0.2) is 17.3 Å². The fourth-order valence-electron chi connectivity index (χ4n) is 4.86. The highest BCUT2D eigenvalue weighted by molar-refractivity contribution is 6.24. The lowest BCUT2D eigenvalue weighted by atomic mass is 9.69. The summed E-state index contributed by atoms with van der Waals surface area (Å²) in [6.45, 7) is 15.2. The number of phenolic OH excluding ortho intramolecular Hbond substituents is 2. The third kappa shape index (κ3) is 5.19. The third-order valence-corrected chi connectivity index (χ3v) is 7.42. The average Bonchev–Trinajstić information content (AvgIpc) is 2.85. The molecular formula is C32H40O8. The Kier molecular flexibility index (Phi) is 8.17. The highest BCUT2D eigenvalue weighted by Gasteiger charge is 2.48. The number of aliphatic hydroxyl groups is 2. The van der Waals surface area contributed by atoms with Gasteiger partial charge < -0.3 is 25.2 Å². The van der Waals surface area contributed by atoms with Gasteiger partial charge in [0.1, 0.15) is 45.5 Å². The van der Waals surface area contributed by atoms with E-state index in [0.717, 1.165) is 5.57 Å². The number of carbonyl (C=O) groups excluding carboxylic acids is 3.